The molecule has 0 saturated carbocycles. The van der Waals surface area contributed by atoms with Gasteiger partial charge in [0.25, 0.3) is 5.69 Å². The van der Waals surface area contributed by atoms with Crippen LogP contribution in [0, 0.1) is 17.0 Å². The van der Waals surface area contributed by atoms with E-state index in [9.17, 15) is 10.1 Å². The Morgan fingerprint density at radius 1 is 1.21 bits per heavy atom. The molecule has 2 aromatic rings. The fourth-order valence-electron chi connectivity index (χ4n) is 1.90. The van der Waals surface area contributed by atoms with Gasteiger partial charge in [0.15, 0.2) is 0 Å². The van der Waals surface area contributed by atoms with E-state index in [0.29, 0.717) is 10.2 Å². The first-order chi connectivity index (χ1) is 8.99. The minimum Gasteiger partial charge on any atom is -0.339 e. The van der Waals surface area contributed by atoms with Crippen molar-refractivity contribution in [3.8, 4) is 0 Å². The zero-order valence-corrected chi connectivity index (χ0v) is 12.2. The van der Waals surface area contributed by atoms with Crippen LogP contribution in [-0.2, 0) is 0 Å². The standard InChI is InChI=1S/C14H13BrN2O2/c1-10-4-3-5-12(8-10)16(2)13-7-6-11(15)9-14(13)17(18)19/h3-9H,1-2H3. The fraction of sp³-hybridized carbons (Fsp3) is 0.143. The monoisotopic (exact) mass is 320 g/mol. The molecule has 0 aliphatic heterocycles. The molecule has 19 heavy (non-hydrogen) atoms. The SMILES string of the molecule is Cc1cccc(N(C)c2ccc(Br)cc2[N+](=O)[O-])c1. The Morgan fingerprint density at radius 3 is 2.58 bits per heavy atom. The van der Waals surface area contributed by atoms with Gasteiger partial charge in [-0.2, -0.15) is 0 Å². The largest absolute Gasteiger partial charge is 0.339 e. The van der Waals surface area contributed by atoms with E-state index in [1.54, 1.807) is 12.1 Å². The summed E-state index contributed by atoms with van der Waals surface area (Å²) in [5.41, 5.74) is 2.69. The van der Waals surface area contributed by atoms with Crippen LogP contribution in [0.15, 0.2) is 46.9 Å². The first-order valence-electron chi connectivity index (χ1n) is 5.73. The van der Waals surface area contributed by atoms with Crippen LogP contribution >= 0.6 is 15.9 Å². The van der Waals surface area contributed by atoms with E-state index in [-0.39, 0.29) is 10.6 Å². The van der Waals surface area contributed by atoms with Gasteiger partial charge in [-0.25, -0.2) is 0 Å². The normalized spacial score (nSPS) is 10.3. The maximum Gasteiger partial charge on any atom is 0.293 e. The van der Waals surface area contributed by atoms with Crippen molar-refractivity contribution in [2.45, 2.75) is 6.92 Å². The number of hydrogen-bond acceptors (Lipinski definition) is 3. The van der Waals surface area contributed by atoms with E-state index >= 15 is 0 Å². The first kappa shape index (κ1) is 13.5. The van der Waals surface area contributed by atoms with Gasteiger partial charge < -0.3 is 4.90 Å². The highest BCUT2D eigenvalue weighted by molar-refractivity contribution is 9.10. The van der Waals surface area contributed by atoms with Gasteiger partial charge >= 0.3 is 0 Å². The Morgan fingerprint density at radius 2 is 1.95 bits per heavy atom. The topological polar surface area (TPSA) is 46.4 Å². The second-order valence-electron chi connectivity index (χ2n) is 4.29. The van der Waals surface area contributed by atoms with Gasteiger partial charge in [-0.3, -0.25) is 10.1 Å². The number of rotatable bonds is 3. The number of aryl methyl sites for hydroxylation is 1. The third-order valence-corrected chi connectivity index (χ3v) is 3.38. The van der Waals surface area contributed by atoms with E-state index in [1.807, 2.05) is 43.1 Å². The molecule has 98 valence electrons. The van der Waals surface area contributed by atoms with Crippen molar-refractivity contribution in [3.05, 3.63) is 62.6 Å². The molecule has 0 aliphatic carbocycles. The minimum atomic E-state index is -0.369. The van der Waals surface area contributed by atoms with Gasteiger partial charge in [-0.05, 0) is 36.8 Å². The van der Waals surface area contributed by atoms with Crippen LogP contribution in [0.3, 0.4) is 0 Å². The molecule has 2 rings (SSSR count). The molecule has 0 aromatic heterocycles. The lowest BCUT2D eigenvalue weighted by Gasteiger charge is -2.19. The van der Waals surface area contributed by atoms with Crippen LogP contribution in [0.5, 0.6) is 0 Å². The van der Waals surface area contributed by atoms with Crippen molar-refractivity contribution in [1.29, 1.82) is 0 Å². The summed E-state index contributed by atoms with van der Waals surface area (Å²) in [6, 6.07) is 12.9. The summed E-state index contributed by atoms with van der Waals surface area (Å²) in [4.78, 5) is 12.6. The number of benzene rings is 2. The Kier molecular flexibility index (Phi) is 3.85. The molecular weight excluding hydrogens is 308 g/mol. The van der Waals surface area contributed by atoms with Gasteiger partial charge in [0.1, 0.15) is 5.69 Å². The summed E-state index contributed by atoms with van der Waals surface area (Å²) in [5.74, 6) is 0. The predicted octanol–water partition coefficient (Wildman–Crippen LogP) is 4.43. The molecule has 0 amide bonds. The number of hydrogen-bond donors (Lipinski definition) is 0. The number of halogens is 1. The van der Waals surface area contributed by atoms with Crippen LogP contribution < -0.4 is 4.90 Å². The zero-order valence-electron chi connectivity index (χ0n) is 10.6. The second kappa shape index (κ2) is 5.40. The zero-order chi connectivity index (χ0) is 14.0. The van der Waals surface area contributed by atoms with E-state index in [1.165, 1.54) is 6.07 Å². The number of nitrogens with zero attached hydrogens (tertiary/aromatic N) is 2. The van der Waals surface area contributed by atoms with Gasteiger partial charge in [0.05, 0.1) is 4.92 Å². The van der Waals surface area contributed by atoms with Crippen molar-refractivity contribution in [3.63, 3.8) is 0 Å². The van der Waals surface area contributed by atoms with Crippen LogP contribution in [-0.4, -0.2) is 12.0 Å². The maximum atomic E-state index is 11.1. The average Bonchev–Trinajstić information content (AvgIpc) is 2.37. The molecule has 0 heterocycles. The highest BCUT2D eigenvalue weighted by atomic mass is 79.9. The van der Waals surface area contributed by atoms with Crippen LogP contribution in [0.4, 0.5) is 17.1 Å². The molecule has 0 saturated heterocycles. The maximum absolute atomic E-state index is 11.1. The van der Waals surface area contributed by atoms with Gasteiger partial charge in [0.2, 0.25) is 0 Å². The summed E-state index contributed by atoms with van der Waals surface area (Å²) >= 11 is 3.26. The molecule has 0 atom stereocenters. The molecule has 0 unspecified atom stereocenters. The predicted molar refractivity (Wildman–Crippen MR) is 80.0 cm³/mol. The van der Waals surface area contributed by atoms with Crippen molar-refractivity contribution in [2.75, 3.05) is 11.9 Å². The Balaban J connectivity index is 2.49. The molecule has 0 bridgehead atoms. The van der Waals surface area contributed by atoms with Gasteiger partial charge in [-0.15, -0.1) is 0 Å². The van der Waals surface area contributed by atoms with Crippen molar-refractivity contribution in [2.24, 2.45) is 0 Å². The van der Waals surface area contributed by atoms with Crippen molar-refractivity contribution in [1.82, 2.24) is 0 Å². The lowest BCUT2D eigenvalue weighted by Crippen LogP contribution is -2.11. The molecule has 5 heteroatoms. The first-order valence-corrected chi connectivity index (χ1v) is 6.52. The highest BCUT2D eigenvalue weighted by Crippen LogP contribution is 2.34. The van der Waals surface area contributed by atoms with Crippen molar-refractivity contribution < 1.29 is 4.92 Å². The minimum absolute atomic E-state index is 0.0818. The summed E-state index contributed by atoms with van der Waals surface area (Å²) in [5, 5.41) is 11.1. The molecule has 0 N–H and O–H groups in total. The summed E-state index contributed by atoms with van der Waals surface area (Å²) in [6.07, 6.45) is 0. The van der Waals surface area contributed by atoms with Gasteiger partial charge in [0, 0.05) is 23.3 Å². The second-order valence-corrected chi connectivity index (χ2v) is 5.20. The van der Waals surface area contributed by atoms with Gasteiger partial charge in [-0.1, -0.05) is 28.1 Å². The Labute approximate surface area is 119 Å². The van der Waals surface area contributed by atoms with E-state index < -0.39 is 0 Å². The van der Waals surface area contributed by atoms with E-state index in [0.717, 1.165) is 11.3 Å². The molecule has 0 aliphatic rings. The number of nitro groups is 1. The molecule has 0 fully saturated rings. The van der Waals surface area contributed by atoms with Crippen LogP contribution in [0.2, 0.25) is 0 Å². The smallest absolute Gasteiger partial charge is 0.293 e. The highest BCUT2D eigenvalue weighted by Gasteiger charge is 2.18. The number of nitro benzene ring substituents is 1. The molecule has 4 nitrogen and oxygen atoms in total. The third kappa shape index (κ3) is 2.93. The number of anilines is 2. The fourth-order valence-corrected chi connectivity index (χ4v) is 2.25. The van der Waals surface area contributed by atoms with E-state index in [2.05, 4.69) is 15.9 Å². The molecule has 2 aromatic carbocycles. The average molecular weight is 321 g/mol. The lowest BCUT2D eigenvalue weighted by atomic mass is 10.2. The van der Waals surface area contributed by atoms with Crippen molar-refractivity contribution >= 4 is 33.0 Å². The summed E-state index contributed by atoms with van der Waals surface area (Å²) < 4.78 is 0.695. The lowest BCUT2D eigenvalue weighted by molar-refractivity contribution is -0.384. The van der Waals surface area contributed by atoms with Crippen LogP contribution in [0.25, 0.3) is 0 Å². The molecule has 0 spiro atoms. The molecule has 0 radical (unpaired) electrons. The van der Waals surface area contributed by atoms with Crippen LogP contribution in [0.1, 0.15) is 5.56 Å². The quantitative estimate of drug-likeness (QED) is 0.620. The van der Waals surface area contributed by atoms with E-state index in [4.69, 9.17) is 0 Å². The summed E-state index contributed by atoms with van der Waals surface area (Å²) in [6.45, 7) is 1.99. The molecular formula is C14H13BrN2O2. The summed E-state index contributed by atoms with van der Waals surface area (Å²) in [7, 11) is 1.82. The third-order valence-electron chi connectivity index (χ3n) is 2.88. The Bertz CT molecular complexity index is 629. The Hall–Kier alpha value is -1.88.